The van der Waals surface area contributed by atoms with Crippen LogP contribution in [-0.2, 0) is 6.42 Å². The SMILES string of the molecule is CCNC1c2ccccc2CC1N1CCCC(C)(C)C1. The standard InChI is InChI=1S/C18H28N2/c1-4-19-17-15-9-6-5-8-14(15)12-16(17)20-11-7-10-18(2,3)13-20/h5-6,8-9,16-17,19H,4,7,10-13H2,1-3H3. The zero-order valence-electron chi connectivity index (χ0n) is 13.2. The summed E-state index contributed by atoms with van der Waals surface area (Å²) in [6, 6.07) is 10.2. The molecule has 1 aromatic rings. The average molecular weight is 272 g/mol. The van der Waals surface area contributed by atoms with Gasteiger partial charge in [-0.05, 0) is 48.9 Å². The zero-order chi connectivity index (χ0) is 14.2. The van der Waals surface area contributed by atoms with Gasteiger partial charge >= 0.3 is 0 Å². The predicted molar refractivity (Wildman–Crippen MR) is 84.9 cm³/mol. The van der Waals surface area contributed by atoms with Gasteiger partial charge in [-0.1, -0.05) is 45.0 Å². The van der Waals surface area contributed by atoms with Gasteiger partial charge in [-0.3, -0.25) is 4.90 Å². The van der Waals surface area contributed by atoms with E-state index < -0.39 is 0 Å². The van der Waals surface area contributed by atoms with E-state index >= 15 is 0 Å². The van der Waals surface area contributed by atoms with Crippen LogP contribution in [0, 0.1) is 5.41 Å². The number of rotatable bonds is 3. The molecule has 1 saturated heterocycles. The molecule has 1 aliphatic heterocycles. The van der Waals surface area contributed by atoms with Crippen molar-refractivity contribution in [2.45, 2.75) is 52.1 Å². The molecule has 1 fully saturated rings. The van der Waals surface area contributed by atoms with Gasteiger partial charge in [0.05, 0.1) is 0 Å². The van der Waals surface area contributed by atoms with Crippen molar-refractivity contribution in [3.63, 3.8) is 0 Å². The smallest absolute Gasteiger partial charge is 0.0484 e. The molecule has 2 atom stereocenters. The molecule has 1 aromatic carbocycles. The van der Waals surface area contributed by atoms with Gasteiger partial charge in [-0.25, -0.2) is 0 Å². The number of nitrogens with zero attached hydrogens (tertiary/aromatic N) is 1. The highest BCUT2D eigenvalue weighted by atomic mass is 15.2. The van der Waals surface area contributed by atoms with Crippen molar-refractivity contribution in [1.29, 1.82) is 0 Å². The molecule has 1 aliphatic carbocycles. The fraction of sp³-hybridized carbons (Fsp3) is 0.667. The average Bonchev–Trinajstić information content (AvgIpc) is 2.77. The lowest BCUT2D eigenvalue weighted by atomic mass is 9.83. The molecule has 3 rings (SSSR count). The topological polar surface area (TPSA) is 15.3 Å². The summed E-state index contributed by atoms with van der Waals surface area (Å²) in [5, 5.41) is 3.73. The van der Waals surface area contributed by atoms with Gasteiger partial charge in [-0.2, -0.15) is 0 Å². The van der Waals surface area contributed by atoms with E-state index in [2.05, 4.69) is 55.3 Å². The van der Waals surface area contributed by atoms with Crippen molar-refractivity contribution in [2.75, 3.05) is 19.6 Å². The molecule has 0 amide bonds. The summed E-state index contributed by atoms with van der Waals surface area (Å²) >= 11 is 0. The lowest BCUT2D eigenvalue weighted by molar-refractivity contribution is 0.0661. The van der Waals surface area contributed by atoms with Crippen LogP contribution in [0.1, 0.15) is 50.8 Å². The molecule has 1 heterocycles. The van der Waals surface area contributed by atoms with Crippen LogP contribution in [0.2, 0.25) is 0 Å². The first-order valence-corrected chi connectivity index (χ1v) is 8.16. The molecule has 0 radical (unpaired) electrons. The molecule has 2 heteroatoms. The second kappa shape index (κ2) is 5.50. The maximum absolute atomic E-state index is 3.73. The highest BCUT2D eigenvalue weighted by Gasteiger charge is 2.38. The maximum Gasteiger partial charge on any atom is 0.0484 e. The molecule has 1 N–H and O–H groups in total. The highest BCUT2D eigenvalue weighted by molar-refractivity contribution is 5.37. The number of fused-ring (bicyclic) bond motifs is 1. The number of piperidine rings is 1. The van der Waals surface area contributed by atoms with E-state index in [1.54, 1.807) is 5.56 Å². The number of hydrogen-bond donors (Lipinski definition) is 1. The molecule has 0 spiro atoms. The van der Waals surface area contributed by atoms with Gasteiger partial charge in [0, 0.05) is 18.6 Å². The molecule has 20 heavy (non-hydrogen) atoms. The van der Waals surface area contributed by atoms with Crippen molar-refractivity contribution >= 4 is 0 Å². The number of likely N-dealkylation sites (tertiary alicyclic amines) is 1. The molecular weight excluding hydrogens is 244 g/mol. The molecule has 0 saturated carbocycles. The van der Waals surface area contributed by atoms with E-state index in [9.17, 15) is 0 Å². The van der Waals surface area contributed by atoms with Crippen LogP contribution in [0.3, 0.4) is 0 Å². The van der Waals surface area contributed by atoms with Crippen LogP contribution in [-0.4, -0.2) is 30.6 Å². The van der Waals surface area contributed by atoms with Gasteiger partial charge in [0.2, 0.25) is 0 Å². The fourth-order valence-corrected chi connectivity index (χ4v) is 4.13. The number of benzene rings is 1. The summed E-state index contributed by atoms with van der Waals surface area (Å²) in [6.07, 6.45) is 3.93. The van der Waals surface area contributed by atoms with Crippen molar-refractivity contribution < 1.29 is 0 Å². The van der Waals surface area contributed by atoms with E-state index in [1.807, 2.05) is 0 Å². The summed E-state index contributed by atoms with van der Waals surface area (Å²) in [5.74, 6) is 0. The third-order valence-corrected chi connectivity index (χ3v) is 5.03. The maximum atomic E-state index is 3.73. The Kier molecular flexibility index (Phi) is 3.87. The van der Waals surface area contributed by atoms with Crippen molar-refractivity contribution in [3.05, 3.63) is 35.4 Å². The lowest BCUT2D eigenvalue weighted by Crippen LogP contribution is -2.49. The monoisotopic (exact) mass is 272 g/mol. The minimum absolute atomic E-state index is 0.476. The normalized spacial score (nSPS) is 29.4. The van der Waals surface area contributed by atoms with Gasteiger partial charge < -0.3 is 5.32 Å². The summed E-state index contributed by atoms with van der Waals surface area (Å²) < 4.78 is 0. The molecule has 0 aromatic heterocycles. The first-order valence-electron chi connectivity index (χ1n) is 8.16. The van der Waals surface area contributed by atoms with Crippen LogP contribution in [0.5, 0.6) is 0 Å². The van der Waals surface area contributed by atoms with Gasteiger partial charge in [-0.15, -0.1) is 0 Å². The number of likely N-dealkylation sites (N-methyl/N-ethyl adjacent to an activating group) is 1. The Morgan fingerprint density at radius 2 is 2.10 bits per heavy atom. The largest absolute Gasteiger partial charge is 0.309 e. The minimum atomic E-state index is 0.476. The summed E-state index contributed by atoms with van der Waals surface area (Å²) in [7, 11) is 0. The first-order chi connectivity index (χ1) is 9.61. The van der Waals surface area contributed by atoms with Crippen LogP contribution < -0.4 is 5.32 Å². The Balaban J connectivity index is 1.83. The van der Waals surface area contributed by atoms with Crippen molar-refractivity contribution in [1.82, 2.24) is 10.2 Å². The van der Waals surface area contributed by atoms with E-state index in [4.69, 9.17) is 0 Å². The summed E-state index contributed by atoms with van der Waals surface area (Å²) in [6.45, 7) is 10.6. The molecule has 0 bridgehead atoms. The second-order valence-corrected chi connectivity index (χ2v) is 7.24. The zero-order valence-corrected chi connectivity index (χ0v) is 13.2. The van der Waals surface area contributed by atoms with Crippen molar-refractivity contribution in [2.24, 2.45) is 5.41 Å². The van der Waals surface area contributed by atoms with E-state index in [0.29, 0.717) is 17.5 Å². The molecular formula is C18H28N2. The van der Waals surface area contributed by atoms with Crippen LogP contribution in [0.15, 0.2) is 24.3 Å². The van der Waals surface area contributed by atoms with Gasteiger partial charge in [0.1, 0.15) is 0 Å². The molecule has 110 valence electrons. The Labute approximate surface area is 123 Å². The quantitative estimate of drug-likeness (QED) is 0.907. The molecule has 2 unspecified atom stereocenters. The molecule has 2 aliphatic rings. The van der Waals surface area contributed by atoms with Crippen molar-refractivity contribution in [3.8, 4) is 0 Å². The third-order valence-electron chi connectivity index (χ3n) is 5.03. The second-order valence-electron chi connectivity index (χ2n) is 7.24. The van der Waals surface area contributed by atoms with Crippen LogP contribution in [0.25, 0.3) is 0 Å². The van der Waals surface area contributed by atoms with Crippen LogP contribution >= 0.6 is 0 Å². The highest BCUT2D eigenvalue weighted by Crippen LogP contribution is 2.38. The molecule has 2 nitrogen and oxygen atoms in total. The summed E-state index contributed by atoms with van der Waals surface area (Å²) in [4.78, 5) is 2.75. The summed E-state index contributed by atoms with van der Waals surface area (Å²) in [5.41, 5.74) is 3.55. The van der Waals surface area contributed by atoms with E-state index in [0.717, 1.165) is 6.54 Å². The van der Waals surface area contributed by atoms with Gasteiger partial charge in [0.25, 0.3) is 0 Å². The Bertz CT molecular complexity index is 466. The van der Waals surface area contributed by atoms with Gasteiger partial charge in [0.15, 0.2) is 0 Å². The Morgan fingerprint density at radius 1 is 1.30 bits per heavy atom. The van der Waals surface area contributed by atoms with E-state index in [1.165, 1.54) is 37.9 Å². The Morgan fingerprint density at radius 3 is 2.85 bits per heavy atom. The van der Waals surface area contributed by atoms with E-state index in [-0.39, 0.29) is 0 Å². The predicted octanol–water partition coefficient (Wildman–Crippen LogP) is 3.38. The van der Waals surface area contributed by atoms with Crippen LogP contribution in [0.4, 0.5) is 0 Å². The number of nitrogens with one attached hydrogen (secondary N) is 1. The fourth-order valence-electron chi connectivity index (χ4n) is 4.13. The Hall–Kier alpha value is -0.860. The third kappa shape index (κ3) is 2.64. The minimum Gasteiger partial charge on any atom is -0.309 e. The lowest BCUT2D eigenvalue weighted by Gasteiger charge is -2.43. The number of hydrogen-bond acceptors (Lipinski definition) is 2. The first kappa shape index (κ1) is 14.1.